The monoisotopic (exact) mass is 339 g/mol. The molecule has 2 amide bonds. The number of hydrogen-bond acceptors (Lipinski definition) is 3. The van der Waals surface area contributed by atoms with Crippen LogP contribution in [-0.4, -0.2) is 23.3 Å². The summed E-state index contributed by atoms with van der Waals surface area (Å²) in [6, 6.07) is 11.2. The highest BCUT2D eigenvalue weighted by atomic mass is 16.2. The Labute approximate surface area is 145 Å². The van der Waals surface area contributed by atoms with Crippen molar-refractivity contribution in [2.45, 2.75) is 26.8 Å². The quantitative estimate of drug-likeness (QED) is 0.889. The largest absolute Gasteiger partial charge is 0.351 e. The molecule has 0 radical (unpaired) electrons. The number of aryl methyl sites for hydroxylation is 2. The van der Waals surface area contributed by atoms with Gasteiger partial charge in [-0.2, -0.15) is 0 Å². The van der Waals surface area contributed by atoms with Crippen molar-refractivity contribution < 1.29 is 9.59 Å². The van der Waals surface area contributed by atoms with Crippen LogP contribution in [0.3, 0.4) is 0 Å². The molecule has 0 bridgehead atoms. The first-order valence-electron chi connectivity index (χ1n) is 8.28. The Kier molecular flexibility index (Phi) is 4.70. The van der Waals surface area contributed by atoms with Crippen molar-refractivity contribution >= 4 is 17.5 Å². The first-order chi connectivity index (χ1) is 12.0. The zero-order valence-electron chi connectivity index (χ0n) is 14.3. The van der Waals surface area contributed by atoms with Crippen LogP contribution in [0.25, 0.3) is 0 Å². The summed E-state index contributed by atoms with van der Waals surface area (Å²) in [4.78, 5) is 41.0. The molecule has 1 aliphatic heterocycles. The molecular formula is C19H21N3O3. The van der Waals surface area contributed by atoms with E-state index in [-0.39, 0.29) is 30.3 Å². The summed E-state index contributed by atoms with van der Waals surface area (Å²) in [5.74, 6) is -0.667. The van der Waals surface area contributed by atoms with E-state index in [0.717, 1.165) is 16.9 Å². The maximum atomic E-state index is 12.4. The van der Waals surface area contributed by atoms with Crippen molar-refractivity contribution in [2.24, 2.45) is 5.92 Å². The number of carbonyl (C=O) groups excluding carboxylic acids is 2. The fraction of sp³-hybridized carbons (Fsp3) is 0.316. The Hall–Kier alpha value is -2.89. The van der Waals surface area contributed by atoms with Gasteiger partial charge in [-0.05, 0) is 37.6 Å². The summed E-state index contributed by atoms with van der Waals surface area (Å²) in [6.45, 7) is 4.19. The minimum absolute atomic E-state index is 0.0595. The van der Waals surface area contributed by atoms with E-state index < -0.39 is 5.92 Å². The van der Waals surface area contributed by atoms with Gasteiger partial charge in [-0.1, -0.05) is 18.2 Å². The second-order valence-corrected chi connectivity index (χ2v) is 6.40. The van der Waals surface area contributed by atoms with Crippen molar-refractivity contribution in [1.29, 1.82) is 0 Å². The topological polar surface area (TPSA) is 82.3 Å². The predicted molar refractivity (Wildman–Crippen MR) is 95.3 cm³/mol. The third kappa shape index (κ3) is 3.63. The standard InChI is InChI=1S/C19H21N3O3/c1-12-8-13(2)21-19(25)16(12)10-20-18(24)14-9-17(23)22(11-14)15-6-4-3-5-7-15/h3-8,14H,9-11H2,1-2H3,(H,20,24)(H,21,25). The van der Waals surface area contributed by atoms with E-state index in [1.807, 2.05) is 50.2 Å². The molecule has 0 aliphatic carbocycles. The molecule has 6 heteroatoms. The minimum Gasteiger partial charge on any atom is -0.351 e. The first-order valence-corrected chi connectivity index (χ1v) is 8.28. The van der Waals surface area contributed by atoms with Crippen molar-refractivity contribution in [2.75, 3.05) is 11.4 Å². The Morgan fingerprint density at radius 3 is 2.64 bits per heavy atom. The summed E-state index contributed by atoms with van der Waals surface area (Å²) in [6.07, 6.45) is 0.184. The van der Waals surface area contributed by atoms with Crippen LogP contribution in [0.2, 0.25) is 0 Å². The van der Waals surface area contributed by atoms with Crippen LogP contribution < -0.4 is 15.8 Å². The highest BCUT2D eigenvalue weighted by Gasteiger charge is 2.34. The van der Waals surface area contributed by atoms with E-state index in [4.69, 9.17) is 0 Å². The number of benzene rings is 1. The molecule has 1 aromatic heterocycles. The van der Waals surface area contributed by atoms with Crippen LogP contribution in [-0.2, 0) is 16.1 Å². The normalized spacial score (nSPS) is 17.0. The maximum Gasteiger partial charge on any atom is 0.253 e. The van der Waals surface area contributed by atoms with Crippen molar-refractivity contribution in [3.63, 3.8) is 0 Å². The molecule has 6 nitrogen and oxygen atoms in total. The summed E-state index contributed by atoms with van der Waals surface area (Å²) in [5, 5.41) is 2.80. The van der Waals surface area contributed by atoms with Gasteiger partial charge >= 0.3 is 0 Å². The average molecular weight is 339 g/mol. The molecule has 2 heterocycles. The van der Waals surface area contributed by atoms with E-state index in [0.29, 0.717) is 12.1 Å². The molecule has 1 fully saturated rings. The SMILES string of the molecule is Cc1cc(C)c(CNC(=O)C2CC(=O)N(c3ccccc3)C2)c(=O)[nH]1. The number of nitrogens with zero attached hydrogens (tertiary/aromatic N) is 1. The number of anilines is 1. The van der Waals surface area contributed by atoms with E-state index in [9.17, 15) is 14.4 Å². The minimum atomic E-state index is -0.405. The molecule has 1 unspecified atom stereocenters. The predicted octanol–water partition coefficient (Wildman–Crippen LogP) is 1.66. The zero-order valence-corrected chi connectivity index (χ0v) is 14.3. The van der Waals surface area contributed by atoms with E-state index in [1.165, 1.54) is 0 Å². The lowest BCUT2D eigenvalue weighted by Crippen LogP contribution is -2.34. The molecule has 25 heavy (non-hydrogen) atoms. The van der Waals surface area contributed by atoms with Crippen LogP contribution in [0.5, 0.6) is 0 Å². The number of para-hydroxylation sites is 1. The summed E-state index contributed by atoms with van der Waals surface area (Å²) in [5.41, 5.74) is 2.79. The molecule has 0 spiro atoms. The second-order valence-electron chi connectivity index (χ2n) is 6.40. The van der Waals surface area contributed by atoms with Crippen molar-refractivity contribution in [1.82, 2.24) is 10.3 Å². The van der Waals surface area contributed by atoms with Gasteiger partial charge in [0.15, 0.2) is 0 Å². The third-order valence-electron chi connectivity index (χ3n) is 4.50. The molecule has 0 saturated carbocycles. The number of carbonyl (C=O) groups is 2. The highest BCUT2D eigenvalue weighted by molar-refractivity contribution is 6.00. The lowest BCUT2D eigenvalue weighted by atomic mass is 10.1. The van der Waals surface area contributed by atoms with E-state index in [2.05, 4.69) is 10.3 Å². The van der Waals surface area contributed by atoms with Gasteiger partial charge in [-0.25, -0.2) is 0 Å². The lowest BCUT2D eigenvalue weighted by Gasteiger charge is -2.16. The second kappa shape index (κ2) is 6.93. The maximum absolute atomic E-state index is 12.4. The van der Waals surface area contributed by atoms with E-state index in [1.54, 1.807) is 4.90 Å². The van der Waals surface area contributed by atoms with Gasteiger partial charge in [0, 0.05) is 36.5 Å². The number of rotatable bonds is 4. The Bertz CT molecular complexity index is 858. The van der Waals surface area contributed by atoms with Crippen molar-refractivity contribution in [3.8, 4) is 0 Å². The molecule has 1 atom stereocenters. The fourth-order valence-electron chi connectivity index (χ4n) is 3.16. The zero-order chi connectivity index (χ0) is 18.0. The van der Waals surface area contributed by atoms with Gasteiger partial charge in [0.25, 0.3) is 5.56 Å². The van der Waals surface area contributed by atoms with Crippen LogP contribution >= 0.6 is 0 Å². The van der Waals surface area contributed by atoms with Gasteiger partial charge in [0.1, 0.15) is 0 Å². The highest BCUT2D eigenvalue weighted by Crippen LogP contribution is 2.24. The van der Waals surface area contributed by atoms with Gasteiger partial charge in [-0.15, -0.1) is 0 Å². The third-order valence-corrected chi connectivity index (χ3v) is 4.50. The number of pyridine rings is 1. The number of nitrogens with one attached hydrogen (secondary N) is 2. The van der Waals surface area contributed by atoms with E-state index >= 15 is 0 Å². The summed E-state index contributed by atoms with van der Waals surface area (Å²) in [7, 11) is 0. The molecule has 1 saturated heterocycles. The summed E-state index contributed by atoms with van der Waals surface area (Å²) < 4.78 is 0. The van der Waals surface area contributed by atoms with Crippen LogP contribution in [0.4, 0.5) is 5.69 Å². The number of aromatic nitrogens is 1. The Morgan fingerprint density at radius 1 is 1.24 bits per heavy atom. The lowest BCUT2D eigenvalue weighted by molar-refractivity contribution is -0.126. The first kappa shape index (κ1) is 17.0. The number of H-pyrrole nitrogens is 1. The molecule has 3 rings (SSSR count). The van der Waals surface area contributed by atoms with Gasteiger partial charge in [0.2, 0.25) is 11.8 Å². The molecule has 2 N–H and O–H groups in total. The fourth-order valence-corrected chi connectivity index (χ4v) is 3.16. The molecule has 1 aliphatic rings. The number of aromatic amines is 1. The Balaban J connectivity index is 1.65. The van der Waals surface area contributed by atoms with Crippen LogP contribution in [0.1, 0.15) is 23.2 Å². The molecule has 1 aromatic carbocycles. The van der Waals surface area contributed by atoms with Crippen LogP contribution in [0, 0.1) is 19.8 Å². The van der Waals surface area contributed by atoms with Crippen LogP contribution in [0.15, 0.2) is 41.2 Å². The number of hydrogen-bond donors (Lipinski definition) is 2. The van der Waals surface area contributed by atoms with Gasteiger partial charge < -0.3 is 15.2 Å². The Morgan fingerprint density at radius 2 is 1.96 bits per heavy atom. The number of amides is 2. The smallest absolute Gasteiger partial charge is 0.253 e. The van der Waals surface area contributed by atoms with Gasteiger partial charge in [-0.3, -0.25) is 14.4 Å². The molecule has 2 aromatic rings. The van der Waals surface area contributed by atoms with Crippen molar-refractivity contribution in [3.05, 3.63) is 63.6 Å². The molecular weight excluding hydrogens is 318 g/mol. The average Bonchev–Trinajstić information content (AvgIpc) is 2.96. The summed E-state index contributed by atoms with van der Waals surface area (Å²) >= 11 is 0. The van der Waals surface area contributed by atoms with Gasteiger partial charge in [0.05, 0.1) is 5.92 Å². The molecule has 130 valence electrons.